The van der Waals surface area contributed by atoms with Crippen molar-refractivity contribution in [2.24, 2.45) is 10.8 Å². The van der Waals surface area contributed by atoms with Gasteiger partial charge in [0.1, 0.15) is 5.76 Å². The van der Waals surface area contributed by atoms with Crippen LogP contribution in [0, 0.1) is 10.8 Å². The zero-order chi connectivity index (χ0) is 15.9. The van der Waals surface area contributed by atoms with Gasteiger partial charge in [-0.15, -0.1) is 0 Å². The number of aliphatic hydroxyl groups excluding tert-OH is 1. The van der Waals surface area contributed by atoms with Crippen LogP contribution in [-0.2, 0) is 4.79 Å². The summed E-state index contributed by atoms with van der Waals surface area (Å²) in [5, 5.41) is 10.5. The van der Waals surface area contributed by atoms with E-state index in [1.165, 1.54) is 0 Å². The van der Waals surface area contributed by atoms with Gasteiger partial charge in [-0.3, -0.25) is 4.79 Å². The largest absolute Gasteiger partial charge is 0.509 e. The Morgan fingerprint density at radius 2 is 1.75 bits per heavy atom. The highest BCUT2D eigenvalue weighted by Crippen LogP contribution is 2.39. The lowest BCUT2D eigenvalue weighted by Gasteiger charge is -2.36. The fraction of sp³-hybridized carbons (Fsp3) is 0.706. The Morgan fingerprint density at radius 3 is 2.10 bits per heavy atom. The summed E-state index contributed by atoms with van der Waals surface area (Å²) in [4.78, 5) is 14.4. The summed E-state index contributed by atoms with van der Waals surface area (Å²) in [5.74, 6) is 0.100. The molecule has 1 aliphatic rings. The first-order valence-corrected chi connectivity index (χ1v) is 7.26. The first kappa shape index (κ1) is 16.8. The molecule has 0 spiro atoms. The second kappa shape index (κ2) is 5.27. The van der Waals surface area contributed by atoms with E-state index in [0.717, 1.165) is 6.42 Å². The van der Waals surface area contributed by atoms with Gasteiger partial charge in [0, 0.05) is 6.54 Å². The molecule has 0 saturated carbocycles. The third-order valence-electron chi connectivity index (χ3n) is 3.65. The minimum Gasteiger partial charge on any atom is -0.509 e. The Kier molecular flexibility index (Phi) is 4.42. The standard InChI is InChI=1S/C17H29NO2/c1-11(2)12-13(19)14(17(6,7)8)18(15(12)20)10-9-16(3,4)5/h14,19H,1,9-10H2,2-8H3. The topological polar surface area (TPSA) is 40.5 Å². The summed E-state index contributed by atoms with van der Waals surface area (Å²) in [5.41, 5.74) is 0.998. The van der Waals surface area contributed by atoms with Gasteiger partial charge in [0.15, 0.2) is 0 Å². The number of amides is 1. The van der Waals surface area contributed by atoms with Gasteiger partial charge in [-0.1, -0.05) is 48.1 Å². The number of rotatable bonds is 3. The van der Waals surface area contributed by atoms with E-state index in [4.69, 9.17) is 0 Å². The minimum atomic E-state index is -0.260. The predicted octanol–water partition coefficient (Wildman–Crippen LogP) is 4.07. The van der Waals surface area contributed by atoms with E-state index in [1.54, 1.807) is 6.92 Å². The normalized spacial score (nSPS) is 20.9. The number of carbonyl (C=O) groups excluding carboxylic acids is 1. The maximum absolute atomic E-state index is 12.6. The Bertz CT molecular complexity index is 447. The van der Waals surface area contributed by atoms with Gasteiger partial charge in [0.25, 0.3) is 5.91 Å². The minimum absolute atomic E-state index is 0.0841. The van der Waals surface area contributed by atoms with E-state index in [0.29, 0.717) is 17.7 Å². The molecule has 20 heavy (non-hydrogen) atoms. The van der Waals surface area contributed by atoms with Crippen LogP contribution >= 0.6 is 0 Å². The van der Waals surface area contributed by atoms with E-state index in [9.17, 15) is 9.90 Å². The lowest BCUT2D eigenvalue weighted by atomic mass is 9.84. The van der Waals surface area contributed by atoms with Gasteiger partial charge in [0.2, 0.25) is 0 Å². The molecule has 3 nitrogen and oxygen atoms in total. The predicted molar refractivity (Wildman–Crippen MR) is 83.5 cm³/mol. The van der Waals surface area contributed by atoms with E-state index >= 15 is 0 Å². The third-order valence-corrected chi connectivity index (χ3v) is 3.65. The van der Waals surface area contributed by atoms with Crippen LogP contribution in [0.5, 0.6) is 0 Å². The lowest BCUT2D eigenvalue weighted by Crippen LogP contribution is -2.45. The number of carbonyl (C=O) groups is 1. The Morgan fingerprint density at radius 1 is 1.25 bits per heavy atom. The van der Waals surface area contributed by atoms with E-state index < -0.39 is 0 Å². The molecule has 1 rings (SSSR count). The van der Waals surface area contributed by atoms with Crippen molar-refractivity contribution in [2.75, 3.05) is 6.54 Å². The molecule has 1 atom stereocenters. The van der Waals surface area contributed by atoms with Crippen molar-refractivity contribution in [3.63, 3.8) is 0 Å². The average Bonchev–Trinajstić information content (AvgIpc) is 2.44. The molecule has 0 aliphatic carbocycles. The van der Waals surface area contributed by atoms with Crippen LogP contribution in [0.25, 0.3) is 0 Å². The molecule has 3 heteroatoms. The second-order valence-electron chi connectivity index (χ2n) is 8.12. The summed E-state index contributed by atoms with van der Waals surface area (Å²) >= 11 is 0. The molecular formula is C17H29NO2. The van der Waals surface area contributed by atoms with Crippen molar-refractivity contribution in [1.29, 1.82) is 0 Å². The SMILES string of the molecule is C=C(C)C1=C(O)C(C(C)(C)C)N(CCC(C)(C)C)C1=O. The van der Waals surface area contributed by atoms with Gasteiger partial charge < -0.3 is 10.0 Å². The molecule has 0 saturated heterocycles. The molecule has 0 fully saturated rings. The van der Waals surface area contributed by atoms with Crippen molar-refractivity contribution < 1.29 is 9.90 Å². The fourth-order valence-corrected chi connectivity index (χ4v) is 2.62. The van der Waals surface area contributed by atoms with Crippen LogP contribution in [0.15, 0.2) is 23.5 Å². The van der Waals surface area contributed by atoms with Crippen LogP contribution in [0.2, 0.25) is 0 Å². The molecule has 1 aliphatic heterocycles. The molecule has 0 bridgehead atoms. The molecule has 1 amide bonds. The zero-order valence-electron chi connectivity index (χ0n) is 14.0. The zero-order valence-corrected chi connectivity index (χ0v) is 14.0. The lowest BCUT2D eigenvalue weighted by molar-refractivity contribution is -0.129. The summed E-state index contributed by atoms with van der Waals surface area (Å²) in [6, 6.07) is -0.260. The van der Waals surface area contributed by atoms with Crippen LogP contribution in [0.1, 0.15) is 54.9 Å². The maximum atomic E-state index is 12.6. The number of nitrogens with zero attached hydrogens (tertiary/aromatic N) is 1. The first-order chi connectivity index (χ1) is 8.86. The summed E-state index contributed by atoms with van der Waals surface area (Å²) in [6.45, 7) is 18.9. The molecule has 1 heterocycles. The van der Waals surface area contributed by atoms with Crippen LogP contribution < -0.4 is 0 Å². The molecule has 114 valence electrons. The van der Waals surface area contributed by atoms with Crippen molar-refractivity contribution in [3.05, 3.63) is 23.5 Å². The maximum Gasteiger partial charge on any atom is 0.258 e. The fourth-order valence-electron chi connectivity index (χ4n) is 2.62. The average molecular weight is 279 g/mol. The van der Waals surface area contributed by atoms with Gasteiger partial charge in [0.05, 0.1) is 11.6 Å². The second-order valence-corrected chi connectivity index (χ2v) is 8.12. The molecule has 0 radical (unpaired) electrons. The van der Waals surface area contributed by atoms with Crippen molar-refractivity contribution in [2.45, 2.75) is 60.9 Å². The van der Waals surface area contributed by atoms with Gasteiger partial charge in [-0.25, -0.2) is 0 Å². The smallest absolute Gasteiger partial charge is 0.258 e. The molecule has 0 aromatic rings. The van der Waals surface area contributed by atoms with Crippen LogP contribution in [0.4, 0.5) is 0 Å². The molecule has 1 unspecified atom stereocenters. The van der Waals surface area contributed by atoms with E-state index in [1.807, 2.05) is 25.7 Å². The Labute approximate surface area is 123 Å². The Balaban J connectivity index is 3.12. The highest BCUT2D eigenvalue weighted by atomic mass is 16.3. The van der Waals surface area contributed by atoms with Gasteiger partial charge in [-0.2, -0.15) is 0 Å². The number of aliphatic hydroxyl groups is 1. The van der Waals surface area contributed by atoms with E-state index in [-0.39, 0.29) is 28.5 Å². The summed E-state index contributed by atoms with van der Waals surface area (Å²) in [6.07, 6.45) is 0.905. The summed E-state index contributed by atoms with van der Waals surface area (Å²) < 4.78 is 0. The molecule has 0 aromatic heterocycles. The molecular weight excluding hydrogens is 250 g/mol. The van der Waals surface area contributed by atoms with Crippen molar-refractivity contribution in [3.8, 4) is 0 Å². The third kappa shape index (κ3) is 3.44. The highest BCUT2D eigenvalue weighted by Gasteiger charge is 2.45. The van der Waals surface area contributed by atoms with Crippen LogP contribution in [0.3, 0.4) is 0 Å². The monoisotopic (exact) mass is 279 g/mol. The molecule has 1 N–H and O–H groups in total. The summed E-state index contributed by atoms with van der Waals surface area (Å²) in [7, 11) is 0. The van der Waals surface area contributed by atoms with Gasteiger partial charge in [-0.05, 0) is 29.7 Å². The van der Waals surface area contributed by atoms with E-state index in [2.05, 4.69) is 27.4 Å². The Hall–Kier alpha value is -1.25. The van der Waals surface area contributed by atoms with Crippen molar-refractivity contribution in [1.82, 2.24) is 4.90 Å². The quantitative estimate of drug-likeness (QED) is 0.846. The van der Waals surface area contributed by atoms with Crippen molar-refractivity contribution >= 4 is 5.91 Å². The highest BCUT2D eigenvalue weighted by molar-refractivity contribution is 6.01. The number of hydrogen-bond donors (Lipinski definition) is 1. The first-order valence-electron chi connectivity index (χ1n) is 7.26. The van der Waals surface area contributed by atoms with Crippen LogP contribution in [-0.4, -0.2) is 28.5 Å². The molecule has 0 aromatic carbocycles. The number of hydrogen-bond acceptors (Lipinski definition) is 2. The van der Waals surface area contributed by atoms with Gasteiger partial charge >= 0.3 is 0 Å².